The molecule has 0 bridgehead atoms. The van der Waals surface area contributed by atoms with E-state index >= 15 is 0 Å². The highest BCUT2D eigenvalue weighted by molar-refractivity contribution is 5.99. The first-order valence-corrected chi connectivity index (χ1v) is 8.65. The third kappa shape index (κ3) is 3.40. The zero-order valence-electron chi connectivity index (χ0n) is 15.7. The van der Waals surface area contributed by atoms with Crippen molar-refractivity contribution in [1.29, 1.82) is 0 Å². The van der Waals surface area contributed by atoms with Crippen LogP contribution in [0.2, 0.25) is 0 Å². The Bertz CT molecular complexity index is 857. The van der Waals surface area contributed by atoms with Crippen molar-refractivity contribution in [3.63, 3.8) is 0 Å². The molecule has 1 atom stereocenters. The molecule has 3 rings (SSSR count). The third-order valence-electron chi connectivity index (χ3n) is 4.32. The molecule has 0 spiro atoms. The molecule has 2 amide bonds. The van der Waals surface area contributed by atoms with E-state index in [2.05, 4.69) is 20.7 Å². The smallest absolute Gasteiger partial charge is 0.273 e. The molecule has 0 aromatic carbocycles. The summed E-state index contributed by atoms with van der Waals surface area (Å²) < 4.78 is 1.72. The third-order valence-corrected chi connectivity index (χ3v) is 4.32. The predicted octanol–water partition coefficient (Wildman–Crippen LogP) is 1.74. The number of nitrogens with one attached hydrogen (secondary N) is 2. The average molecular weight is 356 g/mol. The Balaban J connectivity index is 1.78. The summed E-state index contributed by atoms with van der Waals surface area (Å²) in [4.78, 5) is 31.0. The van der Waals surface area contributed by atoms with E-state index in [1.807, 2.05) is 46.0 Å². The van der Waals surface area contributed by atoms with Gasteiger partial charge in [0, 0.05) is 31.3 Å². The second-order valence-corrected chi connectivity index (χ2v) is 6.90. The zero-order chi connectivity index (χ0) is 19.0. The summed E-state index contributed by atoms with van der Waals surface area (Å²) in [5.74, 6) is 0.976. The van der Waals surface area contributed by atoms with Gasteiger partial charge in [-0.25, -0.2) is 4.98 Å². The van der Waals surface area contributed by atoms with Crippen LogP contribution in [-0.2, 0) is 18.4 Å². The molecule has 26 heavy (non-hydrogen) atoms. The van der Waals surface area contributed by atoms with Gasteiger partial charge < -0.3 is 15.5 Å². The molecule has 8 heteroatoms. The van der Waals surface area contributed by atoms with Crippen LogP contribution < -0.4 is 10.6 Å². The second kappa shape index (κ2) is 6.78. The maximum atomic E-state index is 12.7. The number of hydrogen-bond donors (Lipinski definition) is 2. The van der Waals surface area contributed by atoms with Crippen LogP contribution in [0.3, 0.4) is 0 Å². The first kappa shape index (κ1) is 17.9. The Morgan fingerprint density at radius 2 is 2.00 bits per heavy atom. The number of pyridine rings is 1. The van der Waals surface area contributed by atoms with Crippen molar-refractivity contribution in [3.8, 4) is 0 Å². The summed E-state index contributed by atoms with van der Waals surface area (Å²) in [7, 11) is 1.84. The summed E-state index contributed by atoms with van der Waals surface area (Å²) in [6, 6.07) is 5.09. The number of fused-ring (bicyclic) bond motifs is 1. The van der Waals surface area contributed by atoms with Crippen molar-refractivity contribution >= 4 is 23.5 Å². The molecular formula is C18H24N6O2. The van der Waals surface area contributed by atoms with E-state index in [1.54, 1.807) is 16.5 Å². The van der Waals surface area contributed by atoms with Gasteiger partial charge in [0.1, 0.15) is 23.4 Å². The summed E-state index contributed by atoms with van der Waals surface area (Å²) in [5.41, 5.74) is 2.10. The summed E-state index contributed by atoms with van der Waals surface area (Å²) in [6.45, 7) is 7.82. The van der Waals surface area contributed by atoms with Crippen LogP contribution >= 0.6 is 0 Å². The Morgan fingerprint density at radius 3 is 2.62 bits per heavy atom. The van der Waals surface area contributed by atoms with Crippen LogP contribution in [0.4, 0.5) is 11.6 Å². The topological polar surface area (TPSA) is 92.1 Å². The number of carbonyl (C=O) groups excluding carboxylic acids is 2. The number of aromatic nitrogens is 3. The maximum absolute atomic E-state index is 12.7. The Morgan fingerprint density at radius 1 is 1.27 bits per heavy atom. The second-order valence-electron chi connectivity index (χ2n) is 6.90. The van der Waals surface area contributed by atoms with Crippen LogP contribution in [0.15, 0.2) is 18.2 Å². The maximum Gasteiger partial charge on any atom is 0.273 e. The molecular weight excluding hydrogens is 332 g/mol. The molecule has 1 aliphatic heterocycles. The standard InChI is InChI=1S/C18H24N6O2/c1-10(2)19-17(25)12(4)24-9-13-6-7-14(21-16(13)18(24)26)20-15-8-11(3)22-23(15)5/h6-8,10,12H,9H2,1-5H3,(H,19,25)(H,20,21)/t12-/m1/s1. The van der Waals surface area contributed by atoms with E-state index < -0.39 is 6.04 Å². The van der Waals surface area contributed by atoms with E-state index in [0.29, 0.717) is 18.1 Å². The van der Waals surface area contributed by atoms with Crippen LogP contribution in [0.5, 0.6) is 0 Å². The highest BCUT2D eigenvalue weighted by atomic mass is 16.2. The van der Waals surface area contributed by atoms with E-state index in [0.717, 1.165) is 17.1 Å². The molecule has 0 radical (unpaired) electrons. The highest BCUT2D eigenvalue weighted by Gasteiger charge is 2.35. The van der Waals surface area contributed by atoms with Crippen molar-refractivity contribution in [2.75, 3.05) is 5.32 Å². The molecule has 0 fully saturated rings. The number of aryl methyl sites for hydroxylation is 2. The Kier molecular flexibility index (Phi) is 4.67. The van der Waals surface area contributed by atoms with E-state index in [1.165, 1.54) is 0 Å². The molecule has 0 aliphatic carbocycles. The average Bonchev–Trinajstić information content (AvgIpc) is 3.05. The molecule has 2 aromatic rings. The SMILES string of the molecule is Cc1cc(Nc2ccc3c(n2)C(=O)N([C@H](C)C(=O)NC(C)C)C3)n(C)n1. The van der Waals surface area contributed by atoms with Gasteiger partial charge in [-0.2, -0.15) is 5.10 Å². The summed E-state index contributed by atoms with van der Waals surface area (Å²) in [5, 5.41) is 10.3. The van der Waals surface area contributed by atoms with Gasteiger partial charge >= 0.3 is 0 Å². The van der Waals surface area contributed by atoms with Crippen molar-refractivity contribution < 1.29 is 9.59 Å². The van der Waals surface area contributed by atoms with Gasteiger partial charge in [0.2, 0.25) is 5.91 Å². The van der Waals surface area contributed by atoms with Gasteiger partial charge in [-0.3, -0.25) is 14.3 Å². The molecule has 1 aliphatic rings. The van der Waals surface area contributed by atoms with Gasteiger partial charge in [-0.15, -0.1) is 0 Å². The van der Waals surface area contributed by atoms with Crippen LogP contribution in [0.1, 0.15) is 42.5 Å². The summed E-state index contributed by atoms with van der Waals surface area (Å²) in [6.07, 6.45) is 0. The van der Waals surface area contributed by atoms with E-state index in [9.17, 15) is 9.59 Å². The minimum absolute atomic E-state index is 0.0290. The number of carbonyl (C=O) groups is 2. The Hall–Kier alpha value is -2.90. The monoisotopic (exact) mass is 356 g/mol. The predicted molar refractivity (Wildman–Crippen MR) is 98.1 cm³/mol. The Labute approximate surface area is 152 Å². The molecule has 8 nitrogen and oxygen atoms in total. The largest absolute Gasteiger partial charge is 0.352 e. The van der Waals surface area contributed by atoms with Gasteiger partial charge in [-0.1, -0.05) is 6.07 Å². The van der Waals surface area contributed by atoms with Crippen molar-refractivity contribution in [1.82, 2.24) is 25.0 Å². The minimum Gasteiger partial charge on any atom is -0.352 e. The lowest BCUT2D eigenvalue weighted by Gasteiger charge is -2.24. The van der Waals surface area contributed by atoms with Crippen molar-refractivity contribution in [2.24, 2.45) is 7.05 Å². The van der Waals surface area contributed by atoms with Crippen LogP contribution in [0.25, 0.3) is 0 Å². The highest BCUT2D eigenvalue weighted by Crippen LogP contribution is 2.26. The van der Waals surface area contributed by atoms with Crippen LogP contribution in [-0.4, -0.2) is 43.6 Å². The molecule has 0 saturated carbocycles. The lowest BCUT2D eigenvalue weighted by Crippen LogP contribution is -2.47. The number of rotatable bonds is 5. The lowest BCUT2D eigenvalue weighted by molar-refractivity contribution is -0.125. The molecule has 3 heterocycles. The lowest BCUT2D eigenvalue weighted by atomic mass is 10.2. The first-order valence-electron chi connectivity index (χ1n) is 8.65. The molecule has 0 saturated heterocycles. The molecule has 138 valence electrons. The minimum atomic E-state index is -0.546. The fourth-order valence-corrected chi connectivity index (χ4v) is 2.98. The van der Waals surface area contributed by atoms with Crippen molar-refractivity contribution in [3.05, 3.63) is 35.2 Å². The van der Waals surface area contributed by atoms with Gasteiger partial charge in [0.05, 0.1) is 5.69 Å². The fraction of sp³-hybridized carbons (Fsp3) is 0.444. The number of hydrogen-bond acceptors (Lipinski definition) is 5. The van der Waals surface area contributed by atoms with Crippen molar-refractivity contribution in [2.45, 2.75) is 46.3 Å². The first-order chi connectivity index (χ1) is 12.3. The number of anilines is 2. The molecule has 2 aromatic heterocycles. The molecule has 0 unspecified atom stereocenters. The number of amides is 2. The van der Waals surface area contributed by atoms with Gasteiger partial charge in [-0.05, 0) is 33.8 Å². The summed E-state index contributed by atoms with van der Waals surface area (Å²) >= 11 is 0. The van der Waals surface area contributed by atoms with E-state index in [4.69, 9.17) is 0 Å². The van der Waals surface area contributed by atoms with Gasteiger partial charge in [0.25, 0.3) is 5.91 Å². The zero-order valence-corrected chi connectivity index (χ0v) is 15.7. The number of nitrogens with zero attached hydrogens (tertiary/aromatic N) is 4. The van der Waals surface area contributed by atoms with Crippen LogP contribution in [0, 0.1) is 6.92 Å². The van der Waals surface area contributed by atoms with Gasteiger partial charge in [0.15, 0.2) is 0 Å². The fourth-order valence-electron chi connectivity index (χ4n) is 2.98. The molecule has 2 N–H and O–H groups in total. The van der Waals surface area contributed by atoms with E-state index in [-0.39, 0.29) is 17.9 Å². The normalized spacial score (nSPS) is 14.5. The quantitative estimate of drug-likeness (QED) is 0.851.